The highest BCUT2D eigenvalue weighted by molar-refractivity contribution is 6.04. The Labute approximate surface area is 126 Å². The van der Waals surface area contributed by atoms with Gasteiger partial charge in [-0.05, 0) is 24.3 Å². The van der Waals surface area contributed by atoms with E-state index in [0.717, 1.165) is 4.90 Å². The molecule has 0 saturated carbocycles. The molecular weight excluding hydrogens is 286 g/mol. The molecule has 0 aromatic heterocycles. The number of carboxylic acid groups (broad SMARTS) is 1. The number of amides is 1. The molecule has 114 valence electrons. The number of aliphatic carboxylic acids is 1. The van der Waals surface area contributed by atoms with Crippen molar-refractivity contribution in [3.05, 3.63) is 60.7 Å². The molecule has 2 aromatic carbocycles. The lowest BCUT2D eigenvalue weighted by Gasteiger charge is -2.26. The van der Waals surface area contributed by atoms with E-state index in [1.54, 1.807) is 60.7 Å². The molecule has 0 bridgehead atoms. The largest absolute Gasteiger partial charge is 0.479 e. The first-order valence-electron chi connectivity index (χ1n) is 6.55. The van der Waals surface area contributed by atoms with Gasteiger partial charge in [-0.25, -0.2) is 4.79 Å². The van der Waals surface area contributed by atoms with Gasteiger partial charge in [0.2, 0.25) is 0 Å². The molecule has 0 heterocycles. The van der Waals surface area contributed by atoms with Crippen LogP contribution in [-0.4, -0.2) is 39.4 Å². The molecule has 0 radical (unpaired) electrons. The second kappa shape index (κ2) is 6.84. The first kappa shape index (κ1) is 15.7. The number of aliphatic hydroxyl groups excluding tert-OH is 2. The number of carboxylic acids is 1. The number of benzene rings is 2. The average molecular weight is 301 g/mol. The minimum absolute atomic E-state index is 0.454. The first-order chi connectivity index (χ1) is 10.5. The van der Waals surface area contributed by atoms with Crippen LogP contribution in [0, 0.1) is 0 Å². The summed E-state index contributed by atoms with van der Waals surface area (Å²) in [6, 6.07) is 16.9. The van der Waals surface area contributed by atoms with Crippen LogP contribution in [0.3, 0.4) is 0 Å². The third-order valence-corrected chi connectivity index (χ3v) is 3.05. The molecule has 0 aliphatic heterocycles. The smallest absolute Gasteiger partial charge is 0.335 e. The highest BCUT2D eigenvalue weighted by atomic mass is 16.4. The van der Waals surface area contributed by atoms with Crippen molar-refractivity contribution in [3.63, 3.8) is 0 Å². The Kier molecular flexibility index (Phi) is 4.88. The fourth-order valence-electron chi connectivity index (χ4n) is 1.96. The number of nitrogens with zero attached hydrogens (tertiary/aromatic N) is 1. The Morgan fingerprint density at radius 3 is 1.55 bits per heavy atom. The molecule has 6 heteroatoms. The number of hydrogen-bond donors (Lipinski definition) is 3. The van der Waals surface area contributed by atoms with E-state index in [1.165, 1.54) is 0 Å². The highest BCUT2D eigenvalue weighted by Crippen LogP contribution is 2.26. The predicted molar refractivity (Wildman–Crippen MR) is 79.7 cm³/mol. The number of carbonyl (C=O) groups excluding carboxylic acids is 1. The van der Waals surface area contributed by atoms with Gasteiger partial charge in [0.1, 0.15) is 0 Å². The number of rotatable bonds is 5. The van der Waals surface area contributed by atoms with Crippen LogP contribution in [0.15, 0.2) is 60.7 Å². The number of para-hydroxylation sites is 2. The molecule has 0 fully saturated rings. The van der Waals surface area contributed by atoms with Gasteiger partial charge in [-0.15, -0.1) is 0 Å². The molecule has 2 aromatic rings. The minimum atomic E-state index is -2.19. The second-order valence-corrected chi connectivity index (χ2v) is 4.57. The summed E-state index contributed by atoms with van der Waals surface area (Å²) in [5, 5.41) is 28.0. The van der Waals surface area contributed by atoms with Crippen LogP contribution in [0.1, 0.15) is 0 Å². The number of hydrogen-bond acceptors (Lipinski definition) is 4. The van der Waals surface area contributed by atoms with Crippen LogP contribution in [0.25, 0.3) is 0 Å². The molecule has 1 amide bonds. The highest BCUT2D eigenvalue weighted by Gasteiger charge is 2.34. The summed E-state index contributed by atoms with van der Waals surface area (Å²) in [5.74, 6) is -2.59. The Morgan fingerprint density at radius 2 is 1.18 bits per heavy atom. The van der Waals surface area contributed by atoms with Crippen molar-refractivity contribution >= 4 is 23.3 Å². The van der Waals surface area contributed by atoms with Crippen molar-refractivity contribution in [2.24, 2.45) is 0 Å². The third kappa shape index (κ3) is 3.30. The van der Waals surface area contributed by atoms with Crippen LogP contribution >= 0.6 is 0 Å². The van der Waals surface area contributed by atoms with E-state index in [4.69, 9.17) is 5.11 Å². The van der Waals surface area contributed by atoms with Crippen LogP contribution in [0.5, 0.6) is 0 Å². The van der Waals surface area contributed by atoms with Gasteiger partial charge in [-0.3, -0.25) is 9.69 Å². The fraction of sp³-hybridized carbons (Fsp3) is 0.125. The van der Waals surface area contributed by atoms with E-state index >= 15 is 0 Å². The maximum Gasteiger partial charge on any atom is 0.335 e. The lowest BCUT2D eigenvalue weighted by Crippen LogP contribution is -2.46. The third-order valence-electron chi connectivity index (χ3n) is 3.05. The Hall–Kier alpha value is -2.70. The van der Waals surface area contributed by atoms with E-state index in [-0.39, 0.29) is 0 Å². The molecule has 0 saturated heterocycles. The molecule has 3 N–H and O–H groups in total. The second-order valence-electron chi connectivity index (χ2n) is 4.57. The number of aliphatic hydroxyl groups is 2. The van der Waals surface area contributed by atoms with Gasteiger partial charge in [-0.1, -0.05) is 36.4 Å². The molecule has 0 unspecified atom stereocenters. The van der Waals surface area contributed by atoms with Crippen LogP contribution in [0.4, 0.5) is 11.4 Å². The monoisotopic (exact) mass is 301 g/mol. The Bertz CT molecular complexity index is 605. The zero-order valence-corrected chi connectivity index (χ0v) is 11.5. The van der Waals surface area contributed by atoms with Crippen LogP contribution in [-0.2, 0) is 9.59 Å². The summed E-state index contributed by atoms with van der Waals surface area (Å²) in [6.45, 7) is 0. The summed E-state index contributed by atoms with van der Waals surface area (Å²) in [6.07, 6.45) is -4.26. The van der Waals surface area contributed by atoms with Gasteiger partial charge in [-0.2, -0.15) is 0 Å². The average Bonchev–Trinajstić information content (AvgIpc) is 2.55. The SMILES string of the molecule is O=C(O)[C@H](O)[C@@H](O)C(=O)N(c1ccccc1)c1ccccc1. The molecule has 0 aliphatic carbocycles. The zero-order chi connectivity index (χ0) is 16.1. The molecule has 22 heavy (non-hydrogen) atoms. The number of carbonyl (C=O) groups is 2. The fourth-order valence-corrected chi connectivity index (χ4v) is 1.96. The Morgan fingerprint density at radius 1 is 0.773 bits per heavy atom. The maximum absolute atomic E-state index is 12.4. The summed E-state index contributed by atoms with van der Waals surface area (Å²) < 4.78 is 0. The van der Waals surface area contributed by atoms with E-state index in [2.05, 4.69) is 0 Å². The molecule has 2 atom stereocenters. The van der Waals surface area contributed by atoms with Crippen molar-refractivity contribution in [3.8, 4) is 0 Å². The van der Waals surface area contributed by atoms with Gasteiger partial charge >= 0.3 is 5.97 Å². The quantitative estimate of drug-likeness (QED) is 0.770. The van der Waals surface area contributed by atoms with Crippen molar-refractivity contribution in [1.29, 1.82) is 0 Å². The molecule has 2 rings (SSSR count). The van der Waals surface area contributed by atoms with Gasteiger partial charge in [0.25, 0.3) is 5.91 Å². The summed E-state index contributed by atoms with van der Waals surface area (Å²) in [5.41, 5.74) is 0.908. The Balaban J connectivity index is 2.41. The maximum atomic E-state index is 12.4. The van der Waals surface area contributed by atoms with E-state index < -0.39 is 24.1 Å². The summed E-state index contributed by atoms with van der Waals surface area (Å²) >= 11 is 0. The zero-order valence-electron chi connectivity index (χ0n) is 11.5. The van der Waals surface area contributed by atoms with E-state index in [0.29, 0.717) is 11.4 Å². The summed E-state index contributed by atoms with van der Waals surface area (Å²) in [4.78, 5) is 24.4. The standard InChI is InChI=1S/C16H15NO5/c18-13(14(19)16(21)22)15(20)17(11-7-3-1-4-8-11)12-9-5-2-6-10-12/h1-10,13-14,18-19H,(H,21,22)/t13-,14-/m1/s1. The lowest BCUT2D eigenvalue weighted by atomic mass is 10.1. The molecule has 6 nitrogen and oxygen atoms in total. The topological polar surface area (TPSA) is 98.1 Å². The lowest BCUT2D eigenvalue weighted by molar-refractivity contribution is -0.157. The van der Waals surface area contributed by atoms with Gasteiger partial charge in [0.15, 0.2) is 12.2 Å². The number of anilines is 2. The van der Waals surface area contributed by atoms with E-state index in [9.17, 15) is 19.8 Å². The van der Waals surface area contributed by atoms with Gasteiger partial charge in [0.05, 0.1) is 0 Å². The van der Waals surface area contributed by atoms with E-state index in [1.807, 2.05) is 0 Å². The van der Waals surface area contributed by atoms with Gasteiger partial charge in [0, 0.05) is 11.4 Å². The van der Waals surface area contributed by atoms with Crippen LogP contribution in [0.2, 0.25) is 0 Å². The molecular formula is C16H15NO5. The molecule has 0 aliphatic rings. The molecule has 0 spiro atoms. The first-order valence-corrected chi connectivity index (χ1v) is 6.55. The minimum Gasteiger partial charge on any atom is -0.479 e. The van der Waals surface area contributed by atoms with Crippen molar-refractivity contribution in [2.75, 3.05) is 4.90 Å². The van der Waals surface area contributed by atoms with Crippen molar-refractivity contribution in [1.82, 2.24) is 0 Å². The van der Waals surface area contributed by atoms with Crippen molar-refractivity contribution < 1.29 is 24.9 Å². The summed E-state index contributed by atoms with van der Waals surface area (Å²) in [7, 11) is 0. The predicted octanol–water partition coefficient (Wildman–Crippen LogP) is 1.16. The van der Waals surface area contributed by atoms with Crippen molar-refractivity contribution in [2.45, 2.75) is 12.2 Å². The van der Waals surface area contributed by atoms with Gasteiger partial charge < -0.3 is 15.3 Å². The normalized spacial score (nSPS) is 13.2. The van der Waals surface area contributed by atoms with Crippen LogP contribution < -0.4 is 4.90 Å².